The van der Waals surface area contributed by atoms with Crippen LogP contribution in [0.1, 0.15) is 40.0 Å². The van der Waals surface area contributed by atoms with E-state index in [1.165, 1.54) is 25.9 Å². The molecule has 1 saturated heterocycles. The van der Waals surface area contributed by atoms with Crippen molar-refractivity contribution >= 4 is 5.91 Å². The maximum absolute atomic E-state index is 11.6. The molecule has 0 atom stereocenters. The first-order chi connectivity index (χ1) is 8.61. The first-order valence-electron chi connectivity index (χ1n) is 7.22. The Morgan fingerprint density at radius 1 is 1.39 bits per heavy atom. The summed E-state index contributed by atoms with van der Waals surface area (Å²) in [5.41, 5.74) is 0. The van der Waals surface area contributed by atoms with E-state index in [1.54, 1.807) is 0 Å². The van der Waals surface area contributed by atoms with Gasteiger partial charge in [-0.1, -0.05) is 6.92 Å². The van der Waals surface area contributed by atoms with E-state index in [-0.39, 0.29) is 12.0 Å². The van der Waals surface area contributed by atoms with Crippen molar-refractivity contribution in [2.24, 2.45) is 5.92 Å². The first-order valence-corrected chi connectivity index (χ1v) is 7.22. The third kappa shape index (κ3) is 6.36. The topological polar surface area (TPSA) is 41.6 Å². The summed E-state index contributed by atoms with van der Waals surface area (Å²) in [5, 5.41) is 3.02. The van der Waals surface area contributed by atoms with Crippen molar-refractivity contribution in [3.05, 3.63) is 0 Å². The molecule has 1 fully saturated rings. The Morgan fingerprint density at radius 2 is 2.06 bits per heavy atom. The van der Waals surface area contributed by atoms with Crippen molar-refractivity contribution in [2.45, 2.75) is 46.1 Å². The van der Waals surface area contributed by atoms with Crippen molar-refractivity contribution in [1.29, 1.82) is 0 Å². The molecular weight excluding hydrogens is 228 g/mol. The van der Waals surface area contributed by atoms with Gasteiger partial charge in [0.05, 0.1) is 12.7 Å². The zero-order chi connectivity index (χ0) is 13.4. The van der Waals surface area contributed by atoms with Gasteiger partial charge in [0, 0.05) is 13.0 Å². The minimum atomic E-state index is 0.119. The molecule has 1 aliphatic heterocycles. The Bertz CT molecular complexity index is 236. The molecule has 0 aromatic rings. The van der Waals surface area contributed by atoms with Gasteiger partial charge >= 0.3 is 0 Å². The molecule has 0 unspecified atom stereocenters. The maximum Gasteiger partial charge on any atom is 0.222 e. The molecule has 0 spiro atoms. The Morgan fingerprint density at radius 3 is 2.61 bits per heavy atom. The van der Waals surface area contributed by atoms with Crippen LogP contribution in [0.3, 0.4) is 0 Å². The second kappa shape index (κ2) is 8.48. The minimum absolute atomic E-state index is 0.119. The molecule has 1 amide bonds. The molecule has 1 rings (SSSR count). The Labute approximate surface area is 111 Å². The number of carbonyl (C=O) groups excluding carboxylic acids is 1. The summed E-state index contributed by atoms with van der Waals surface area (Å²) < 4.78 is 5.37. The number of hydrogen-bond donors (Lipinski definition) is 1. The van der Waals surface area contributed by atoms with Crippen LogP contribution in [-0.2, 0) is 9.53 Å². The first kappa shape index (κ1) is 15.4. The van der Waals surface area contributed by atoms with Crippen LogP contribution in [0.2, 0.25) is 0 Å². The summed E-state index contributed by atoms with van der Waals surface area (Å²) in [6.45, 7) is 11.0. The van der Waals surface area contributed by atoms with E-state index >= 15 is 0 Å². The molecule has 4 heteroatoms. The lowest BCUT2D eigenvalue weighted by atomic mass is 9.97. The van der Waals surface area contributed by atoms with Crippen LogP contribution in [0.15, 0.2) is 0 Å². The zero-order valence-corrected chi connectivity index (χ0v) is 12.1. The maximum atomic E-state index is 11.6. The molecule has 1 N–H and O–H groups in total. The van der Waals surface area contributed by atoms with Gasteiger partial charge in [-0.15, -0.1) is 0 Å². The van der Waals surface area contributed by atoms with Gasteiger partial charge in [-0.05, 0) is 52.2 Å². The number of likely N-dealkylation sites (tertiary alicyclic amines) is 1. The highest BCUT2D eigenvalue weighted by atomic mass is 16.5. The van der Waals surface area contributed by atoms with Crippen LogP contribution in [-0.4, -0.2) is 49.7 Å². The summed E-state index contributed by atoms with van der Waals surface area (Å²) in [4.78, 5) is 14.1. The molecule has 106 valence electrons. The van der Waals surface area contributed by atoms with Gasteiger partial charge in [-0.2, -0.15) is 0 Å². The number of piperidine rings is 1. The highest BCUT2D eigenvalue weighted by Crippen LogP contribution is 2.15. The molecule has 18 heavy (non-hydrogen) atoms. The molecule has 1 aliphatic rings. The number of nitrogens with one attached hydrogen (secondary N) is 1. The number of ether oxygens (including phenoxy) is 1. The van der Waals surface area contributed by atoms with Gasteiger partial charge in [0.25, 0.3) is 0 Å². The van der Waals surface area contributed by atoms with Crippen LogP contribution in [0.25, 0.3) is 0 Å². The monoisotopic (exact) mass is 256 g/mol. The standard InChI is InChI=1S/C14H28N2O2/c1-4-16-8-5-13(6-9-16)11-15-14(17)7-10-18-12(2)3/h12-13H,4-11H2,1-3H3,(H,15,17). The largest absolute Gasteiger partial charge is 0.378 e. The molecule has 4 nitrogen and oxygen atoms in total. The molecular formula is C14H28N2O2. The van der Waals surface area contributed by atoms with Crippen LogP contribution >= 0.6 is 0 Å². The number of rotatable bonds is 7. The van der Waals surface area contributed by atoms with E-state index in [0.29, 0.717) is 18.9 Å². The van der Waals surface area contributed by atoms with E-state index in [1.807, 2.05) is 13.8 Å². The van der Waals surface area contributed by atoms with Crippen molar-refractivity contribution in [3.63, 3.8) is 0 Å². The molecule has 1 heterocycles. The summed E-state index contributed by atoms with van der Waals surface area (Å²) in [6, 6.07) is 0. The Hall–Kier alpha value is -0.610. The van der Waals surface area contributed by atoms with E-state index in [4.69, 9.17) is 4.74 Å². The van der Waals surface area contributed by atoms with Crippen LogP contribution < -0.4 is 5.32 Å². The van der Waals surface area contributed by atoms with Crippen LogP contribution in [0.4, 0.5) is 0 Å². The summed E-state index contributed by atoms with van der Waals surface area (Å²) in [5.74, 6) is 0.774. The predicted molar refractivity (Wildman–Crippen MR) is 73.6 cm³/mol. The fraction of sp³-hybridized carbons (Fsp3) is 0.929. The lowest BCUT2D eigenvalue weighted by molar-refractivity contribution is -0.122. The number of amides is 1. The highest BCUT2D eigenvalue weighted by molar-refractivity contribution is 5.75. The number of hydrogen-bond acceptors (Lipinski definition) is 3. The zero-order valence-electron chi connectivity index (χ0n) is 12.1. The van der Waals surface area contributed by atoms with Gasteiger partial charge < -0.3 is 15.0 Å². The van der Waals surface area contributed by atoms with Gasteiger partial charge in [0.1, 0.15) is 0 Å². The van der Waals surface area contributed by atoms with Crippen molar-refractivity contribution in [2.75, 3.05) is 32.8 Å². The second-order valence-electron chi connectivity index (χ2n) is 5.35. The van der Waals surface area contributed by atoms with E-state index in [9.17, 15) is 4.79 Å². The fourth-order valence-corrected chi connectivity index (χ4v) is 2.24. The number of carbonyl (C=O) groups is 1. The van der Waals surface area contributed by atoms with Gasteiger partial charge in [0.2, 0.25) is 5.91 Å². The lowest BCUT2D eigenvalue weighted by Gasteiger charge is -2.31. The Kier molecular flexibility index (Phi) is 7.28. The van der Waals surface area contributed by atoms with Crippen LogP contribution in [0, 0.1) is 5.92 Å². The smallest absolute Gasteiger partial charge is 0.222 e. The van der Waals surface area contributed by atoms with Crippen molar-refractivity contribution in [1.82, 2.24) is 10.2 Å². The predicted octanol–water partition coefficient (Wildman–Crippen LogP) is 1.65. The SMILES string of the molecule is CCN1CCC(CNC(=O)CCOC(C)C)CC1. The van der Waals surface area contributed by atoms with Crippen molar-refractivity contribution in [3.8, 4) is 0 Å². The molecule has 0 bridgehead atoms. The summed E-state index contributed by atoms with van der Waals surface area (Å²) >= 11 is 0. The third-order valence-corrected chi connectivity index (χ3v) is 3.52. The van der Waals surface area contributed by atoms with Crippen molar-refractivity contribution < 1.29 is 9.53 Å². The van der Waals surface area contributed by atoms with E-state index in [2.05, 4.69) is 17.1 Å². The van der Waals surface area contributed by atoms with Gasteiger partial charge in [-0.3, -0.25) is 4.79 Å². The third-order valence-electron chi connectivity index (χ3n) is 3.52. The number of nitrogens with zero attached hydrogens (tertiary/aromatic N) is 1. The summed E-state index contributed by atoms with van der Waals surface area (Å²) in [6.07, 6.45) is 3.09. The quantitative estimate of drug-likeness (QED) is 0.753. The fourth-order valence-electron chi connectivity index (χ4n) is 2.24. The molecule has 0 aromatic heterocycles. The van der Waals surface area contributed by atoms with Gasteiger partial charge in [-0.25, -0.2) is 0 Å². The minimum Gasteiger partial charge on any atom is -0.378 e. The molecule has 0 aromatic carbocycles. The Balaban J connectivity index is 2.04. The highest BCUT2D eigenvalue weighted by Gasteiger charge is 2.18. The summed E-state index contributed by atoms with van der Waals surface area (Å²) in [7, 11) is 0. The average molecular weight is 256 g/mol. The molecule has 0 aliphatic carbocycles. The normalized spacial score (nSPS) is 18.2. The van der Waals surface area contributed by atoms with E-state index < -0.39 is 0 Å². The molecule has 0 radical (unpaired) electrons. The van der Waals surface area contributed by atoms with E-state index in [0.717, 1.165) is 13.1 Å². The average Bonchev–Trinajstić information content (AvgIpc) is 2.36. The van der Waals surface area contributed by atoms with Crippen LogP contribution in [0.5, 0.6) is 0 Å². The van der Waals surface area contributed by atoms with Gasteiger partial charge in [0.15, 0.2) is 0 Å². The lowest BCUT2D eigenvalue weighted by Crippen LogP contribution is -2.38. The second-order valence-corrected chi connectivity index (χ2v) is 5.35. The molecule has 0 saturated carbocycles.